The Morgan fingerprint density at radius 3 is 3.38 bits per heavy atom. The SMILES string of the molecule is C1CC2PP(S1)SS2. The van der Waals surface area contributed by atoms with Crippen LogP contribution in [0.3, 0.4) is 0 Å². The van der Waals surface area contributed by atoms with Gasteiger partial charge in [0.25, 0.3) is 0 Å². The predicted octanol–water partition coefficient (Wildman–Crippen LogP) is 3.75. The van der Waals surface area contributed by atoms with E-state index in [2.05, 4.69) is 32.6 Å². The van der Waals surface area contributed by atoms with Gasteiger partial charge < -0.3 is 0 Å². The van der Waals surface area contributed by atoms with Gasteiger partial charge in [-0.2, -0.15) is 0 Å². The van der Waals surface area contributed by atoms with Crippen molar-refractivity contribution in [3.8, 4) is 0 Å². The van der Waals surface area contributed by atoms with Gasteiger partial charge in [0.1, 0.15) is 0 Å². The minimum Gasteiger partial charge on any atom is -0.118 e. The first-order valence-electron chi connectivity index (χ1n) is 2.48. The second-order valence-electron chi connectivity index (χ2n) is 1.67. The van der Waals surface area contributed by atoms with Crippen molar-refractivity contribution in [3.05, 3.63) is 0 Å². The van der Waals surface area contributed by atoms with Gasteiger partial charge in [-0.15, -0.1) is 11.4 Å². The summed E-state index contributed by atoms with van der Waals surface area (Å²) in [5.74, 6) is 1.45. The average molecular weight is 200 g/mol. The number of hydrogen-bond donors (Lipinski definition) is 0. The van der Waals surface area contributed by atoms with Gasteiger partial charge in [-0.05, 0) is 6.42 Å². The fourth-order valence-electron chi connectivity index (χ4n) is 0.666. The molecule has 2 heterocycles. The maximum absolute atomic E-state index is 2.22. The Morgan fingerprint density at radius 1 is 1.62 bits per heavy atom. The van der Waals surface area contributed by atoms with Crippen molar-refractivity contribution >= 4 is 46.9 Å². The highest BCUT2D eigenvalue weighted by atomic mass is 33.5. The summed E-state index contributed by atoms with van der Waals surface area (Å²) in [6.45, 7) is 0. The van der Waals surface area contributed by atoms with E-state index in [1.165, 1.54) is 20.4 Å². The molecule has 0 aromatic rings. The van der Waals surface area contributed by atoms with Crippen molar-refractivity contribution in [1.82, 2.24) is 0 Å². The molecule has 0 radical (unpaired) electrons. The quantitative estimate of drug-likeness (QED) is 0.431. The van der Waals surface area contributed by atoms with Crippen LogP contribution in [-0.2, 0) is 0 Å². The van der Waals surface area contributed by atoms with Crippen LogP contribution in [-0.4, -0.2) is 10.7 Å². The molecule has 0 aliphatic carbocycles. The predicted molar refractivity (Wildman–Crippen MR) is 51.3 cm³/mol. The number of rotatable bonds is 0. The van der Waals surface area contributed by atoms with E-state index in [0.717, 1.165) is 4.99 Å². The fourth-order valence-corrected chi connectivity index (χ4v) is 22.2. The molecule has 0 N–H and O–H groups in total. The van der Waals surface area contributed by atoms with Crippen molar-refractivity contribution in [2.75, 3.05) is 5.75 Å². The lowest BCUT2D eigenvalue weighted by Gasteiger charge is -2.13. The summed E-state index contributed by atoms with van der Waals surface area (Å²) in [4.78, 5) is 1.08. The molecule has 2 fully saturated rings. The summed E-state index contributed by atoms with van der Waals surface area (Å²) in [7, 11) is 5.63. The average Bonchev–Trinajstić information content (AvgIpc) is 2.12. The first kappa shape index (κ1) is 6.61. The largest absolute Gasteiger partial charge is 0.118 e. The minimum atomic E-state index is 0.429. The molecule has 0 aromatic carbocycles. The standard InChI is InChI=1S/C3H6P2S3/c1-2-6-5-4-3(1)7-8-5/h3-4H,1-2H2. The van der Waals surface area contributed by atoms with Crippen LogP contribution < -0.4 is 0 Å². The van der Waals surface area contributed by atoms with Crippen LogP contribution in [0.5, 0.6) is 0 Å². The summed E-state index contributed by atoms with van der Waals surface area (Å²) < 4.78 is 0. The van der Waals surface area contributed by atoms with Crippen LogP contribution in [0.15, 0.2) is 0 Å². The van der Waals surface area contributed by atoms with Crippen LogP contribution in [0, 0.1) is 0 Å². The molecular weight excluding hydrogens is 194 g/mol. The summed E-state index contributed by atoms with van der Waals surface area (Å²) in [5.41, 5.74) is 0. The van der Waals surface area contributed by atoms with Gasteiger partial charge in [0.15, 0.2) is 0 Å². The third-order valence-corrected chi connectivity index (χ3v) is 18.8. The molecule has 3 unspecified atom stereocenters. The molecule has 0 spiro atoms. The van der Waals surface area contributed by atoms with Gasteiger partial charge in [-0.1, -0.05) is 29.5 Å². The Labute approximate surface area is 64.0 Å². The van der Waals surface area contributed by atoms with Crippen molar-refractivity contribution in [2.24, 2.45) is 0 Å². The molecule has 8 heavy (non-hydrogen) atoms. The minimum absolute atomic E-state index is 0.429. The van der Waals surface area contributed by atoms with E-state index in [9.17, 15) is 0 Å². The van der Waals surface area contributed by atoms with E-state index in [4.69, 9.17) is 0 Å². The Hall–Kier alpha value is 1.91. The highest BCUT2D eigenvalue weighted by molar-refractivity contribution is 9.23. The third kappa shape index (κ3) is 1.32. The van der Waals surface area contributed by atoms with Crippen LogP contribution in [0.2, 0.25) is 0 Å². The van der Waals surface area contributed by atoms with E-state index >= 15 is 0 Å². The first-order chi connectivity index (χ1) is 3.95. The molecule has 5 heteroatoms. The lowest BCUT2D eigenvalue weighted by atomic mass is 10.6. The first-order valence-corrected chi connectivity index (χ1v) is 10.1. The molecule has 2 saturated heterocycles. The molecule has 3 atom stereocenters. The summed E-state index contributed by atoms with van der Waals surface area (Å²) in [6, 6.07) is 0.429. The molecule has 0 nitrogen and oxygen atoms in total. The van der Waals surface area contributed by atoms with Gasteiger partial charge in [0.05, 0.1) is 0 Å². The lowest BCUT2D eigenvalue weighted by molar-refractivity contribution is 1.08. The Balaban J connectivity index is 2.03. The second kappa shape index (κ2) is 2.88. The van der Waals surface area contributed by atoms with Crippen molar-refractivity contribution in [1.29, 1.82) is 0 Å². The highest BCUT2D eigenvalue weighted by Gasteiger charge is 2.30. The Kier molecular flexibility index (Phi) is 2.38. The monoisotopic (exact) mass is 200 g/mol. The van der Waals surface area contributed by atoms with Gasteiger partial charge in [0, 0.05) is 16.8 Å². The van der Waals surface area contributed by atoms with E-state index in [1.807, 2.05) is 0 Å². The topological polar surface area (TPSA) is 0 Å². The van der Waals surface area contributed by atoms with E-state index in [1.54, 1.807) is 0 Å². The molecule has 46 valence electrons. The second-order valence-corrected chi connectivity index (χ2v) is 15.2. The van der Waals surface area contributed by atoms with Gasteiger partial charge in [-0.3, -0.25) is 0 Å². The number of fused-ring (bicyclic) bond motifs is 2. The van der Waals surface area contributed by atoms with E-state index in [-0.39, 0.29) is 0 Å². The van der Waals surface area contributed by atoms with E-state index in [0.29, 0.717) is 6.01 Å². The zero-order valence-corrected chi connectivity index (χ0v) is 8.51. The Morgan fingerprint density at radius 2 is 2.62 bits per heavy atom. The van der Waals surface area contributed by atoms with E-state index < -0.39 is 0 Å². The lowest BCUT2D eigenvalue weighted by Crippen LogP contribution is -1.91. The smallest absolute Gasteiger partial charge is 0.0467 e. The normalized spacial score (nSPS) is 48.0. The molecule has 0 saturated carbocycles. The molecule has 2 aliphatic rings. The van der Waals surface area contributed by atoms with Crippen LogP contribution in [0.25, 0.3) is 0 Å². The maximum atomic E-state index is 2.22. The van der Waals surface area contributed by atoms with Gasteiger partial charge in [0.2, 0.25) is 0 Å². The molecule has 2 aliphatic heterocycles. The molecule has 2 bridgehead atoms. The number of hydrogen-bond acceptors (Lipinski definition) is 3. The maximum Gasteiger partial charge on any atom is 0.0467 e. The molecule has 2 rings (SSSR count). The molecule has 0 amide bonds. The van der Waals surface area contributed by atoms with Crippen molar-refractivity contribution in [2.45, 2.75) is 11.4 Å². The summed E-state index contributed by atoms with van der Waals surface area (Å²) in [6.07, 6.45) is 1.49. The Bertz CT molecular complexity index is 84.5. The van der Waals surface area contributed by atoms with Crippen LogP contribution >= 0.6 is 46.9 Å². The van der Waals surface area contributed by atoms with Gasteiger partial charge in [-0.25, -0.2) is 0 Å². The fraction of sp³-hybridized carbons (Fsp3) is 1.00. The highest BCUT2D eigenvalue weighted by Crippen LogP contribution is 2.88. The van der Waals surface area contributed by atoms with Crippen LogP contribution in [0.4, 0.5) is 0 Å². The third-order valence-electron chi connectivity index (χ3n) is 1.06. The van der Waals surface area contributed by atoms with Gasteiger partial charge >= 0.3 is 0 Å². The summed E-state index contributed by atoms with van der Waals surface area (Å²) in [5, 5.41) is 0. The van der Waals surface area contributed by atoms with Crippen LogP contribution in [0.1, 0.15) is 6.42 Å². The molecular formula is C3H6P2S3. The zero-order valence-electron chi connectivity index (χ0n) is 4.16. The van der Waals surface area contributed by atoms with Crippen molar-refractivity contribution < 1.29 is 0 Å². The summed E-state index contributed by atoms with van der Waals surface area (Å²) >= 11 is 2.22. The zero-order chi connectivity index (χ0) is 5.40. The van der Waals surface area contributed by atoms with Crippen molar-refractivity contribution in [3.63, 3.8) is 0 Å². The molecule has 0 aromatic heterocycles.